The van der Waals surface area contributed by atoms with Crippen LogP contribution in [0, 0.1) is 0 Å². The summed E-state index contributed by atoms with van der Waals surface area (Å²) in [5, 5.41) is 5.51. The monoisotopic (exact) mass is 256 g/mol. The lowest BCUT2D eigenvalue weighted by atomic mass is 9.95. The molecule has 3 unspecified atom stereocenters. The van der Waals surface area contributed by atoms with Gasteiger partial charge in [0.2, 0.25) is 5.91 Å². The molecule has 3 atom stereocenters. The number of ether oxygens (including phenoxy) is 2. The number of hydrogen-bond donors (Lipinski definition) is 2. The molecule has 2 N–H and O–H groups in total. The molecule has 1 aliphatic carbocycles. The first-order valence-electron chi connectivity index (χ1n) is 6.42. The Kier molecular flexibility index (Phi) is 4.54. The van der Waals surface area contributed by atoms with E-state index >= 15 is 0 Å². The van der Waals surface area contributed by atoms with Gasteiger partial charge in [-0.3, -0.25) is 14.9 Å². The van der Waals surface area contributed by atoms with Gasteiger partial charge in [0.15, 0.2) is 0 Å². The minimum atomic E-state index is -0.425. The molecule has 0 radical (unpaired) electrons. The van der Waals surface area contributed by atoms with Crippen LogP contribution < -0.4 is 10.6 Å². The summed E-state index contributed by atoms with van der Waals surface area (Å²) in [7, 11) is 1.69. The first kappa shape index (κ1) is 13.3. The van der Waals surface area contributed by atoms with Gasteiger partial charge in [-0.05, 0) is 19.3 Å². The number of piperazine rings is 1. The summed E-state index contributed by atoms with van der Waals surface area (Å²) in [6, 6.07) is -0.425. The van der Waals surface area contributed by atoms with Gasteiger partial charge in [0.25, 0.3) is 0 Å². The Morgan fingerprint density at radius 1 is 1.33 bits per heavy atom. The molecule has 1 amide bonds. The van der Waals surface area contributed by atoms with Crippen molar-refractivity contribution in [2.24, 2.45) is 0 Å². The predicted octanol–water partition coefficient (Wildman–Crippen LogP) is -0.425. The maximum atomic E-state index is 11.9. The van der Waals surface area contributed by atoms with E-state index in [1.807, 2.05) is 0 Å². The number of methoxy groups -OCH3 is 1. The molecule has 0 spiro atoms. The molecule has 1 aliphatic heterocycles. The number of amides is 1. The Morgan fingerprint density at radius 2 is 2.11 bits per heavy atom. The van der Waals surface area contributed by atoms with Crippen molar-refractivity contribution in [3.63, 3.8) is 0 Å². The number of rotatable bonds is 3. The van der Waals surface area contributed by atoms with Crippen molar-refractivity contribution >= 4 is 11.9 Å². The molecule has 18 heavy (non-hydrogen) atoms. The van der Waals surface area contributed by atoms with Gasteiger partial charge in [0.05, 0.1) is 12.6 Å². The Labute approximate surface area is 106 Å². The van der Waals surface area contributed by atoms with Gasteiger partial charge >= 0.3 is 5.97 Å². The lowest BCUT2D eigenvalue weighted by molar-refractivity contribution is -0.155. The summed E-state index contributed by atoms with van der Waals surface area (Å²) < 4.78 is 10.8. The molecule has 0 aromatic rings. The van der Waals surface area contributed by atoms with Crippen LogP contribution in [0.2, 0.25) is 0 Å². The molecule has 2 aliphatic rings. The van der Waals surface area contributed by atoms with Crippen molar-refractivity contribution in [2.75, 3.05) is 20.2 Å². The van der Waals surface area contributed by atoms with Crippen LogP contribution in [0.5, 0.6) is 0 Å². The molecular weight excluding hydrogens is 236 g/mol. The summed E-state index contributed by atoms with van der Waals surface area (Å²) in [6.45, 7) is 0.475. The first-order chi connectivity index (χ1) is 8.69. The molecule has 0 aromatic carbocycles. The van der Waals surface area contributed by atoms with Crippen LogP contribution in [-0.4, -0.2) is 50.3 Å². The van der Waals surface area contributed by atoms with Crippen molar-refractivity contribution in [1.82, 2.24) is 10.6 Å². The van der Waals surface area contributed by atoms with Crippen LogP contribution in [-0.2, 0) is 19.1 Å². The fourth-order valence-corrected chi connectivity index (χ4v) is 2.40. The summed E-state index contributed by atoms with van der Waals surface area (Å²) in [6.07, 6.45) is 3.84. The topological polar surface area (TPSA) is 76.7 Å². The van der Waals surface area contributed by atoms with E-state index in [0.717, 1.165) is 25.7 Å². The highest BCUT2D eigenvalue weighted by Crippen LogP contribution is 2.23. The van der Waals surface area contributed by atoms with Crippen LogP contribution in [0.3, 0.4) is 0 Å². The van der Waals surface area contributed by atoms with Crippen molar-refractivity contribution < 1.29 is 19.1 Å². The van der Waals surface area contributed by atoms with E-state index in [-0.39, 0.29) is 30.6 Å². The van der Waals surface area contributed by atoms with Gasteiger partial charge in [-0.25, -0.2) is 0 Å². The quantitative estimate of drug-likeness (QED) is 0.670. The van der Waals surface area contributed by atoms with E-state index in [0.29, 0.717) is 6.54 Å². The molecule has 1 saturated carbocycles. The fraction of sp³-hybridized carbons (Fsp3) is 0.833. The molecule has 1 heterocycles. The van der Waals surface area contributed by atoms with Crippen LogP contribution in [0.1, 0.15) is 25.7 Å². The van der Waals surface area contributed by atoms with E-state index in [2.05, 4.69) is 10.6 Å². The lowest BCUT2D eigenvalue weighted by Gasteiger charge is -2.30. The molecule has 0 bridgehead atoms. The van der Waals surface area contributed by atoms with Gasteiger partial charge in [-0.2, -0.15) is 0 Å². The zero-order valence-electron chi connectivity index (χ0n) is 10.6. The third-order valence-electron chi connectivity index (χ3n) is 3.49. The van der Waals surface area contributed by atoms with E-state index in [1.165, 1.54) is 0 Å². The number of carbonyl (C=O) groups is 2. The van der Waals surface area contributed by atoms with Crippen LogP contribution in [0.15, 0.2) is 0 Å². The SMILES string of the molecule is COC1CCCC(OC(=O)C2CNC(=O)CN2)C1. The Balaban J connectivity index is 1.78. The second kappa shape index (κ2) is 6.15. The number of nitrogens with one attached hydrogen (secondary N) is 2. The highest BCUT2D eigenvalue weighted by molar-refractivity contribution is 5.83. The number of esters is 1. The smallest absolute Gasteiger partial charge is 0.325 e. The van der Waals surface area contributed by atoms with E-state index in [1.54, 1.807) is 7.11 Å². The minimum Gasteiger partial charge on any atom is -0.461 e. The maximum absolute atomic E-state index is 11.9. The molecular formula is C12H20N2O4. The second-order valence-electron chi connectivity index (χ2n) is 4.82. The molecule has 2 rings (SSSR count). The Hall–Kier alpha value is -1.14. The molecule has 6 nitrogen and oxygen atoms in total. The molecule has 2 fully saturated rings. The Morgan fingerprint density at radius 3 is 2.78 bits per heavy atom. The summed E-state index contributed by atoms with van der Waals surface area (Å²) in [5.74, 6) is -0.368. The molecule has 1 saturated heterocycles. The average Bonchev–Trinajstić information content (AvgIpc) is 2.39. The fourth-order valence-electron chi connectivity index (χ4n) is 2.40. The van der Waals surface area contributed by atoms with E-state index in [9.17, 15) is 9.59 Å². The summed E-state index contributed by atoms with van der Waals surface area (Å²) >= 11 is 0. The predicted molar refractivity (Wildman–Crippen MR) is 63.9 cm³/mol. The zero-order chi connectivity index (χ0) is 13.0. The molecule has 0 aromatic heterocycles. The van der Waals surface area contributed by atoms with Crippen LogP contribution in [0.25, 0.3) is 0 Å². The first-order valence-corrected chi connectivity index (χ1v) is 6.42. The van der Waals surface area contributed by atoms with Crippen molar-refractivity contribution in [3.05, 3.63) is 0 Å². The molecule has 102 valence electrons. The highest BCUT2D eigenvalue weighted by Gasteiger charge is 2.30. The van der Waals surface area contributed by atoms with Crippen molar-refractivity contribution in [2.45, 2.75) is 43.9 Å². The Bertz CT molecular complexity index is 311. The summed E-state index contributed by atoms with van der Waals surface area (Å²) in [5.41, 5.74) is 0. The van der Waals surface area contributed by atoms with Crippen LogP contribution >= 0.6 is 0 Å². The van der Waals surface area contributed by atoms with E-state index < -0.39 is 6.04 Å². The van der Waals surface area contributed by atoms with Crippen molar-refractivity contribution in [3.8, 4) is 0 Å². The van der Waals surface area contributed by atoms with E-state index in [4.69, 9.17) is 9.47 Å². The third kappa shape index (κ3) is 3.43. The number of carbonyl (C=O) groups excluding carboxylic acids is 2. The van der Waals surface area contributed by atoms with Gasteiger partial charge in [0, 0.05) is 20.1 Å². The van der Waals surface area contributed by atoms with Crippen LogP contribution in [0.4, 0.5) is 0 Å². The van der Waals surface area contributed by atoms with Gasteiger partial charge in [-0.1, -0.05) is 0 Å². The normalized spacial score (nSPS) is 32.7. The van der Waals surface area contributed by atoms with Crippen molar-refractivity contribution in [1.29, 1.82) is 0 Å². The molecule has 6 heteroatoms. The second-order valence-corrected chi connectivity index (χ2v) is 4.82. The average molecular weight is 256 g/mol. The van der Waals surface area contributed by atoms with Gasteiger partial charge in [-0.15, -0.1) is 0 Å². The highest BCUT2D eigenvalue weighted by atomic mass is 16.5. The minimum absolute atomic E-state index is 0.0596. The standard InChI is InChI=1S/C12H20N2O4/c1-17-8-3-2-4-9(5-8)18-12(16)10-6-14-11(15)7-13-10/h8-10,13H,2-7H2,1H3,(H,14,15). The van der Waals surface area contributed by atoms with Gasteiger partial charge < -0.3 is 14.8 Å². The zero-order valence-corrected chi connectivity index (χ0v) is 10.6. The number of hydrogen-bond acceptors (Lipinski definition) is 5. The largest absolute Gasteiger partial charge is 0.461 e. The lowest BCUT2D eigenvalue weighted by Crippen LogP contribution is -2.56. The summed E-state index contributed by atoms with van der Waals surface area (Å²) in [4.78, 5) is 22.9. The third-order valence-corrected chi connectivity index (χ3v) is 3.49. The maximum Gasteiger partial charge on any atom is 0.325 e. The van der Waals surface area contributed by atoms with Gasteiger partial charge in [0.1, 0.15) is 12.1 Å².